The van der Waals surface area contributed by atoms with E-state index in [0.29, 0.717) is 30.1 Å². The summed E-state index contributed by atoms with van der Waals surface area (Å²) >= 11 is 1.47. The number of ether oxygens (including phenoxy) is 1. The van der Waals surface area contributed by atoms with Crippen LogP contribution in [0.15, 0.2) is 46.3 Å². The summed E-state index contributed by atoms with van der Waals surface area (Å²) < 4.78 is 31.8. The van der Waals surface area contributed by atoms with Gasteiger partial charge in [0.15, 0.2) is 14.6 Å². The largest absolute Gasteiger partial charge is 0.380 e. The van der Waals surface area contributed by atoms with E-state index >= 15 is 0 Å². The van der Waals surface area contributed by atoms with Gasteiger partial charge in [0.25, 0.3) is 5.91 Å². The molecule has 0 N–H and O–H groups in total. The second-order valence-electron chi connectivity index (χ2n) is 6.88. The lowest BCUT2D eigenvalue weighted by molar-refractivity contribution is 0.0996. The number of hydrogen-bond acceptors (Lipinski definition) is 5. The number of aryl methyl sites for hydroxylation is 2. The lowest BCUT2D eigenvalue weighted by atomic mass is 10.1. The van der Waals surface area contributed by atoms with Gasteiger partial charge in [-0.1, -0.05) is 17.4 Å². The van der Waals surface area contributed by atoms with Gasteiger partial charge in [-0.3, -0.25) is 4.79 Å². The third kappa shape index (κ3) is 4.83. The van der Waals surface area contributed by atoms with Gasteiger partial charge in [-0.15, -0.1) is 0 Å². The Kier molecular flexibility index (Phi) is 6.36. The fraction of sp³-hybridized carbons (Fsp3) is 0.333. The van der Waals surface area contributed by atoms with Crippen LogP contribution in [-0.2, 0) is 21.1 Å². The normalized spacial score (nSPS) is 12.6. The highest BCUT2D eigenvalue weighted by Crippen LogP contribution is 2.23. The maximum absolute atomic E-state index is 12.7. The lowest BCUT2D eigenvalue weighted by Crippen LogP contribution is -2.19. The summed E-state index contributed by atoms with van der Waals surface area (Å²) in [5.41, 5.74) is 3.67. The molecule has 0 bridgehead atoms. The first kappa shape index (κ1) is 21.4. The van der Waals surface area contributed by atoms with E-state index < -0.39 is 15.7 Å². The second kappa shape index (κ2) is 8.61. The van der Waals surface area contributed by atoms with Crippen molar-refractivity contribution in [3.63, 3.8) is 0 Å². The van der Waals surface area contributed by atoms with Gasteiger partial charge in [-0.2, -0.15) is 4.99 Å². The summed E-state index contributed by atoms with van der Waals surface area (Å²) in [6, 6.07) is 10.1. The number of aromatic nitrogens is 1. The Morgan fingerprint density at radius 3 is 2.48 bits per heavy atom. The van der Waals surface area contributed by atoms with E-state index in [4.69, 9.17) is 4.74 Å². The summed E-state index contributed by atoms with van der Waals surface area (Å²) in [6.45, 7) is 7.78. The summed E-state index contributed by atoms with van der Waals surface area (Å²) in [4.78, 5) is 17.9. The summed E-state index contributed by atoms with van der Waals surface area (Å²) in [7, 11) is -3.31. The number of thiazole rings is 1. The molecular weight excluding hydrogens is 408 g/mol. The first-order valence-corrected chi connectivity index (χ1v) is 12.0. The molecule has 1 heterocycles. The number of sulfone groups is 1. The molecule has 0 aliphatic heterocycles. The molecule has 6 nitrogen and oxygen atoms in total. The molecule has 0 spiro atoms. The molecule has 0 fully saturated rings. The SMILES string of the molecule is CCOCCn1c(=NC(=O)c2ccc(S(C)(=O)=O)cc2)sc2c(C)cc(C)cc21. The van der Waals surface area contributed by atoms with Crippen LogP contribution in [0.2, 0.25) is 0 Å². The fourth-order valence-electron chi connectivity index (χ4n) is 3.11. The van der Waals surface area contributed by atoms with Crippen LogP contribution in [0.25, 0.3) is 10.2 Å². The first-order valence-electron chi connectivity index (χ1n) is 9.28. The fourth-order valence-corrected chi connectivity index (χ4v) is 4.85. The van der Waals surface area contributed by atoms with Gasteiger partial charge in [0.1, 0.15) is 0 Å². The Labute approximate surface area is 174 Å². The maximum atomic E-state index is 12.7. The summed E-state index contributed by atoms with van der Waals surface area (Å²) in [5.74, 6) is -0.406. The highest BCUT2D eigenvalue weighted by molar-refractivity contribution is 7.90. The predicted octanol–water partition coefficient (Wildman–Crippen LogP) is 3.50. The van der Waals surface area contributed by atoms with Crippen molar-refractivity contribution < 1.29 is 17.9 Å². The molecule has 8 heteroatoms. The quantitative estimate of drug-likeness (QED) is 0.559. The molecule has 0 unspecified atom stereocenters. The molecule has 29 heavy (non-hydrogen) atoms. The zero-order valence-electron chi connectivity index (χ0n) is 16.9. The minimum atomic E-state index is -3.31. The summed E-state index contributed by atoms with van der Waals surface area (Å²) in [5, 5.41) is 0. The Balaban J connectivity index is 2.07. The molecule has 2 aromatic carbocycles. The minimum Gasteiger partial charge on any atom is -0.380 e. The monoisotopic (exact) mass is 432 g/mol. The van der Waals surface area contributed by atoms with Crippen molar-refractivity contribution in [1.29, 1.82) is 0 Å². The smallest absolute Gasteiger partial charge is 0.279 e. The van der Waals surface area contributed by atoms with E-state index in [1.807, 2.05) is 25.3 Å². The van der Waals surface area contributed by atoms with Crippen LogP contribution < -0.4 is 4.80 Å². The number of carbonyl (C=O) groups excluding carboxylic acids is 1. The van der Waals surface area contributed by atoms with Crippen molar-refractivity contribution >= 4 is 37.3 Å². The van der Waals surface area contributed by atoms with Crippen LogP contribution >= 0.6 is 11.3 Å². The number of rotatable bonds is 6. The summed E-state index contributed by atoms with van der Waals surface area (Å²) in [6.07, 6.45) is 1.14. The average Bonchev–Trinajstić information content (AvgIpc) is 2.99. The molecule has 0 atom stereocenters. The van der Waals surface area contributed by atoms with Gasteiger partial charge in [0.2, 0.25) is 0 Å². The van der Waals surface area contributed by atoms with Gasteiger partial charge in [-0.25, -0.2) is 8.42 Å². The van der Waals surface area contributed by atoms with Crippen LogP contribution in [0, 0.1) is 13.8 Å². The molecule has 0 saturated heterocycles. The molecule has 0 saturated carbocycles. The van der Waals surface area contributed by atoms with E-state index in [1.165, 1.54) is 35.6 Å². The van der Waals surface area contributed by atoms with E-state index in [9.17, 15) is 13.2 Å². The van der Waals surface area contributed by atoms with Crippen LogP contribution in [0.3, 0.4) is 0 Å². The Bertz CT molecular complexity index is 1220. The van der Waals surface area contributed by atoms with E-state index in [0.717, 1.165) is 27.6 Å². The topological polar surface area (TPSA) is 77.7 Å². The van der Waals surface area contributed by atoms with Crippen molar-refractivity contribution in [3.05, 3.63) is 57.9 Å². The third-order valence-electron chi connectivity index (χ3n) is 4.50. The van der Waals surface area contributed by atoms with Crippen LogP contribution in [0.5, 0.6) is 0 Å². The lowest BCUT2D eigenvalue weighted by Gasteiger charge is -2.07. The highest BCUT2D eigenvalue weighted by Gasteiger charge is 2.13. The van der Waals surface area contributed by atoms with Crippen molar-refractivity contribution in [2.24, 2.45) is 4.99 Å². The maximum Gasteiger partial charge on any atom is 0.279 e. The molecular formula is C21H24N2O4S2. The van der Waals surface area contributed by atoms with Crippen LogP contribution in [0.1, 0.15) is 28.4 Å². The minimum absolute atomic E-state index is 0.175. The Hall–Kier alpha value is -2.29. The standard InChI is InChI=1S/C21H24N2O4S2/c1-5-27-11-10-23-18-13-14(2)12-15(3)19(18)28-21(23)22-20(24)16-6-8-17(9-7-16)29(4,25)26/h6-9,12-13H,5,10-11H2,1-4H3. The van der Waals surface area contributed by atoms with Crippen LogP contribution in [-0.4, -0.2) is 38.4 Å². The number of fused-ring (bicyclic) bond motifs is 1. The van der Waals surface area contributed by atoms with Crippen molar-refractivity contribution in [2.75, 3.05) is 19.5 Å². The molecule has 3 rings (SSSR count). The third-order valence-corrected chi connectivity index (χ3v) is 6.86. The number of carbonyl (C=O) groups is 1. The van der Waals surface area contributed by atoms with E-state index in [1.54, 1.807) is 0 Å². The zero-order valence-corrected chi connectivity index (χ0v) is 18.6. The van der Waals surface area contributed by atoms with Crippen molar-refractivity contribution in [1.82, 2.24) is 4.57 Å². The number of amides is 1. The van der Waals surface area contributed by atoms with Gasteiger partial charge >= 0.3 is 0 Å². The van der Waals surface area contributed by atoms with Gasteiger partial charge in [0.05, 0.1) is 21.7 Å². The average molecular weight is 433 g/mol. The molecule has 0 aliphatic carbocycles. The molecule has 1 amide bonds. The van der Waals surface area contributed by atoms with E-state index in [-0.39, 0.29) is 4.90 Å². The van der Waals surface area contributed by atoms with Gasteiger partial charge < -0.3 is 9.30 Å². The Morgan fingerprint density at radius 2 is 1.86 bits per heavy atom. The Morgan fingerprint density at radius 1 is 1.17 bits per heavy atom. The number of nitrogens with zero attached hydrogens (tertiary/aromatic N) is 2. The zero-order chi connectivity index (χ0) is 21.2. The molecule has 154 valence electrons. The van der Waals surface area contributed by atoms with E-state index in [2.05, 4.69) is 17.1 Å². The first-order chi connectivity index (χ1) is 13.7. The molecule has 0 radical (unpaired) electrons. The molecule has 3 aromatic rings. The predicted molar refractivity (Wildman–Crippen MR) is 115 cm³/mol. The number of benzene rings is 2. The number of hydrogen-bond donors (Lipinski definition) is 0. The van der Waals surface area contributed by atoms with Gasteiger partial charge in [0, 0.05) is 25.0 Å². The molecule has 1 aromatic heterocycles. The van der Waals surface area contributed by atoms with Gasteiger partial charge in [-0.05, 0) is 62.2 Å². The molecule has 0 aliphatic rings. The van der Waals surface area contributed by atoms with Crippen molar-refractivity contribution in [2.45, 2.75) is 32.2 Å². The van der Waals surface area contributed by atoms with Crippen molar-refractivity contribution in [3.8, 4) is 0 Å². The highest BCUT2D eigenvalue weighted by atomic mass is 32.2. The second-order valence-corrected chi connectivity index (χ2v) is 9.87. The van der Waals surface area contributed by atoms with Crippen LogP contribution in [0.4, 0.5) is 0 Å².